The number of aromatic nitrogens is 1. The number of nitrogens with two attached hydrogens (primary N) is 1. The number of para-hydroxylation sites is 1. The molecule has 3 atom stereocenters. The normalized spacial score (nSPS) is 22.2. The number of nitrogens with zero attached hydrogens (tertiary/aromatic N) is 2. The lowest BCUT2D eigenvalue weighted by Crippen LogP contribution is -2.61. The minimum absolute atomic E-state index is 0.115. The number of amides is 2. The Morgan fingerprint density at radius 2 is 1.89 bits per heavy atom. The van der Waals surface area contributed by atoms with E-state index in [1.807, 2.05) is 60.8 Å². The molecular weight excluding hydrogens is 480 g/mol. The average Bonchev–Trinajstić information content (AvgIpc) is 3.41. The van der Waals surface area contributed by atoms with Gasteiger partial charge in [-0.15, -0.1) is 0 Å². The Kier molecular flexibility index (Phi) is 6.66. The minimum Gasteiger partial charge on any atom is -0.361 e. The lowest BCUT2D eigenvalue weighted by atomic mass is 9.69. The number of carbonyl (C=O) groups is 3. The standard InChI is InChI=1S/C29H34N6O3/c1-28(2,30)26(37)33-22(13-19-16-31-21-12-8-7-11-20(19)21)25(36)23-15-29(14-18-9-5-4-6-10-18)24(17-32-23)34-35(3)27(29)38/h4-12,16,22-23,31-32H,13-15,17,30H2,1-3H3,(H,33,37)/t22-,23+,29-/m1/s1. The summed E-state index contributed by atoms with van der Waals surface area (Å²) in [6.45, 7) is 3.54. The molecule has 3 aromatic rings. The van der Waals surface area contributed by atoms with Gasteiger partial charge in [0.15, 0.2) is 5.78 Å². The zero-order chi connectivity index (χ0) is 27.1. The predicted octanol–water partition coefficient (Wildman–Crippen LogP) is 1.92. The molecule has 0 radical (unpaired) electrons. The summed E-state index contributed by atoms with van der Waals surface area (Å²) in [7, 11) is 1.65. The van der Waals surface area contributed by atoms with Crippen LogP contribution < -0.4 is 16.4 Å². The van der Waals surface area contributed by atoms with Crippen molar-refractivity contribution >= 4 is 34.2 Å². The van der Waals surface area contributed by atoms with Gasteiger partial charge in [-0.1, -0.05) is 48.5 Å². The largest absolute Gasteiger partial charge is 0.361 e. The van der Waals surface area contributed by atoms with Crippen LogP contribution in [0, 0.1) is 5.41 Å². The number of aromatic amines is 1. The molecule has 0 unspecified atom stereocenters. The van der Waals surface area contributed by atoms with Gasteiger partial charge in [0.2, 0.25) is 5.91 Å². The maximum Gasteiger partial charge on any atom is 0.254 e. The maximum atomic E-state index is 14.1. The third-order valence-electron chi connectivity index (χ3n) is 7.62. The fourth-order valence-corrected chi connectivity index (χ4v) is 5.53. The fourth-order valence-electron chi connectivity index (χ4n) is 5.53. The van der Waals surface area contributed by atoms with Gasteiger partial charge in [-0.2, -0.15) is 5.10 Å². The fraction of sp³-hybridized carbons (Fsp3) is 0.379. The summed E-state index contributed by atoms with van der Waals surface area (Å²) in [5, 5.41) is 13.1. The van der Waals surface area contributed by atoms with Gasteiger partial charge in [-0.25, -0.2) is 5.01 Å². The number of carbonyl (C=O) groups excluding carboxylic acids is 3. The first-order chi connectivity index (χ1) is 18.1. The summed E-state index contributed by atoms with van der Waals surface area (Å²) in [5.74, 6) is -0.706. The van der Waals surface area contributed by atoms with Crippen LogP contribution in [0.5, 0.6) is 0 Å². The Labute approximate surface area is 221 Å². The number of ketones is 1. The molecule has 3 heterocycles. The first kappa shape index (κ1) is 25.8. The highest BCUT2D eigenvalue weighted by atomic mass is 16.2. The summed E-state index contributed by atoms with van der Waals surface area (Å²) in [4.78, 5) is 43.8. The molecule has 2 aliphatic rings. The highest BCUT2D eigenvalue weighted by Gasteiger charge is 2.54. The van der Waals surface area contributed by atoms with Gasteiger partial charge < -0.3 is 21.4 Å². The van der Waals surface area contributed by atoms with Gasteiger partial charge in [0, 0.05) is 37.1 Å². The maximum absolute atomic E-state index is 14.1. The number of hydrogen-bond donors (Lipinski definition) is 4. The zero-order valence-corrected chi connectivity index (χ0v) is 22.0. The van der Waals surface area contributed by atoms with E-state index < -0.39 is 28.9 Å². The van der Waals surface area contributed by atoms with Crippen LogP contribution in [0.2, 0.25) is 0 Å². The van der Waals surface area contributed by atoms with Crippen LogP contribution in [-0.2, 0) is 27.2 Å². The third-order valence-corrected chi connectivity index (χ3v) is 7.62. The van der Waals surface area contributed by atoms with E-state index in [2.05, 4.69) is 20.7 Å². The van der Waals surface area contributed by atoms with Gasteiger partial charge in [0.1, 0.15) is 0 Å². The predicted molar refractivity (Wildman–Crippen MR) is 146 cm³/mol. The molecule has 0 aliphatic carbocycles. The average molecular weight is 515 g/mol. The molecule has 5 N–H and O–H groups in total. The van der Waals surface area contributed by atoms with E-state index in [9.17, 15) is 14.4 Å². The van der Waals surface area contributed by atoms with Crippen molar-refractivity contribution in [1.29, 1.82) is 0 Å². The number of benzene rings is 2. The van der Waals surface area contributed by atoms with Crippen molar-refractivity contribution in [2.24, 2.45) is 16.3 Å². The van der Waals surface area contributed by atoms with Gasteiger partial charge in [-0.3, -0.25) is 14.4 Å². The SMILES string of the molecule is CN1N=C2CN[C@H](C(=O)[C@@H](Cc3c[nH]c4ccccc34)NC(=O)C(C)(C)N)C[C@@]2(Cc2ccccc2)C1=O. The number of H-pyrrole nitrogens is 1. The van der Waals surface area contributed by atoms with Crippen molar-refractivity contribution in [2.45, 2.75) is 50.7 Å². The summed E-state index contributed by atoms with van der Waals surface area (Å²) in [6, 6.07) is 16.2. The van der Waals surface area contributed by atoms with Crippen LogP contribution in [0.4, 0.5) is 0 Å². The molecule has 9 nitrogen and oxygen atoms in total. The van der Waals surface area contributed by atoms with E-state index in [4.69, 9.17) is 5.73 Å². The molecule has 0 spiro atoms. The molecule has 0 bridgehead atoms. The Morgan fingerprint density at radius 1 is 1.18 bits per heavy atom. The van der Waals surface area contributed by atoms with Gasteiger partial charge >= 0.3 is 0 Å². The lowest BCUT2D eigenvalue weighted by Gasteiger charge is -2.38. The molecule has 1 saturated heterocycles. The van der Waals surface area contributed by atoms with E-state index in [1.54, 1.807) is 20.9 Å². The van der Waals surface area contributed by atoms with Crippen LogP contribution in [0.3, 0.4) is 0 Å². The van der Waals surface area contributed by atoms with Crippen molar-refractivity contribution in [3.8, 4) is 0 Å². The van der Waals surface area contributed by atoms with Crippen molar-refractivity contribution in [1.82, 2.24) is 20.6 Å². The smallest absolute Gasteiger partial charge is 0.254 e. The Bertz CT molecular complexity index is 1410. The second-order valence-electron chi connectivity index (χ2n) is 11.0. The molecular formula is C29H34N6O3. The second kappa shape index (κ2) is 9.81. The Balaban J connectivity index is 1.45. The van der Waals surface area contributed by atoms with Gasteiger partial charge in [0.25, 0.3) is 5.91 Å². The van der Waals surface area contributed by atoms with Crippen molar-refractivity contribution in [2.75, 3.05) is 13.6 Å². The third kappa shape index (κ3) is 4.75. The highest BCUT2D eigenvalue weighted by Crippen LogP contribution is 2.39. The molecule has 5 rings (SSSR count). The molecule has 198 valence electrons. The number of nitrogens with one attached hydrogen (secondary N) is 3. The van der Waals surface area contributed by atoms with E-state index in [1.165, 1.54) is 5.01 Å². The molecule has 1 fully saturated rings. The number of hydrazone groups is 1. The second-order valence-corrected chi connectivity index (χ2v) is 11.0. The quantitative estimate of drug-likeness (QED) is 0.365. The van der Waals surface area contributed by atoms with Crippen LogP contribution in [0.1, 0.15) is 31.4 Å². The lowest BCUT2D eigenvalue weighted by molar-refractivity contribution is -0.137. The molecule has 0 saturated carbocycles. The topological polar surface area (TPSA) is 133 Å². The van der Waals surface area contributed by atoms with Gasteiger partial charge in [0.05, 0.1) is 28.7 Å². The number of rotatable bonds is 8. The molecule has 9 heteroatoms. The van der Waals surface area contributed by atoms with E-state index >= 15 is 0 Å². The number of fused-ring (bicyclic) bond motifs is 2. The number of Topliss-reactive ketones (excluding diaryl/α,β-unsaturated/α-hetero) is 1. The van der Waals surface area contributed by atoms with Crippen molar-refractivity contribution in [3.05, 3.63) is 71.9 Å². The molecule has 2 aromatic carbocycles. The molecule has 1 aromatic heterocycles. The number of hydrogen-bond acceptors (Lipinski definition) is 6. The summed E-state index contributed by atoms with van der Waals surface area (Å²) in [5.41, 5.74) is 7.62. The molecule has 2 aliphatic heterocycles. The van der Waals surface area contributed by atoms with Gasteiger partial charge in [-0.05, 0) is 43.9 Å². The van der Waals surface area contributed by atoms with Crippen LogP contribution >= 0.6 is 0 Å². The molecule has 38 heavy (non-hydrogen) atoms. The molecule has 2 amide bonds. The highest BCUT2D eigenvalue weighted by molar-refractivity contribution is 6.14. The Hall–Kier alpha value is -3.82. The summed E-state index contributed by atoms with van der Waals surface area (Å²) >= 11 is 0. The van der Waals surface area contributed by atoms with Crippen LogP contribution in [-0.4, -0.2) is 64.5 Å². The van der Waals surface area contributed by atoms with E-state index in [0.29, 0.717) is 19.4 Å². The summed E-state index contributed by atoms with van der Waals surface area (Å²) < 4.78 is 0. The Morgan fingerprint density at radius 3 is 2.63 bits per heavy atom. The minimum atomic E-state index is -1.16. The van der Waals surface area contributed by atoms with Crippen molar-refractivity contribution in [3.63, 3.8) is 0 Å². The first-order valence-electron chi connectivity index (χ1n) is 12.9. The number of piperidine rings is 1. The first-order valence-corrected chi connectivity index (χ1v) is 12.9. The van der Waals surface area contributed by atoms with Crippen LogP contribution in [0.15, 0.2) is 65.9 Å². The van der Waals surface area contributed by atoms with E-state index in [-0.39, 0.29) is 18.1 Å². The van der Waals surface area contributed by atoms with Crippen molar-refractivity contribution < 1.29 is 14.4 Å². The van der Waals surface area contributed by atoms with E-state index in [0.717, 1.165) is 27.7 Å². The van der Waals surface area contributed by atoms with Crippen LogP contribution in [0.25, 0.3) is 10.9 Å². The summed E-state index contributed by atoms with van der Waals surface area (Å²) in [6.07, 6.45) is 2.88. The monoisotopic (exact) mass is 514 g/mol. The zero-order valence-electron chi connectivity index (χ0n) is 22.0.